The van der Waals surface area contributed by atoms with Crippen molar-refractivity contribution < 1.29 is 14.5 Å². The number of thioether (sulfide) groups is 1. The lowest BCUT2D eigenvalue weighted by Crippen LogP contribution is -2.35. The van der Waals surface area contributed by atoms with Crippen molar-refractivity contribution in [2.24, 2.45) is 4.99 Å². The van der Waals surface area contributed by atoms with Crippen molar-refractivity contribution in [1.29, 1.82) is 0 Å². The smallest absolute Gasteiger partial charge is 0.270 e. The van der Waals surface area contributed by atoms with E-state index in [2.05, 4.69) is 4.99 Å². The normalized spacial score (nSPS) is 13.1. The van der Waals surface area contributed by atoms with E-state index in [0.29, 0.717) is 12.2 Å². The van der Waals surface area contributed by atoms with Crippen LogP contribution in [0.3, 0.4) is 0 Å². The number of non-ortho nitro benzene ring substituents is 1. The van der Waals surface area contributed by atoms with Gasteiger partial charge in [-0.2, -0.15) is 0 Å². The van der Waals surface area contributed by atoms with Gasteiger partial charge in [0.15, 0.2) is 11.0 Å². The number of rotatable bonds is 7. The topological polar surface area (TPSA) is 85.0 Å². The fourth-order valence-corrected chi connectivity index (χ4v) is 3.76. The molecule has 0 fully saturated rings. The van der Waals surface area contributed by atoms with Crippen molar-refractivity contribution in [2.45, 2.75) is 13.3 Å². The standard InChI is InChI=1S/C20H21N3O4S.BrH/c1-2-27-18-9-7-16(8-10-18)22(20-21-11-4-12-28-20)14-19(24)15-5-3-6-17(13-15)23(25)26;/h3,5-10,13H,2,4,11-12,14H2,1H3;1H. The number of nitro groups is 1. The number of amidine groups is 1. The Morgan fingerprint density at radius 3 is 2.66 bits per heavy atom. The minimum absolute atomic E-state index is 0. The second-order valence-electron chi connectivity index (χ2n) is 6.11. The highest BCUT2D eigenvalue weighted by Gasteiger charge is 2.21. The number of Topliss-reactive ketones (excluding diaryl/α,β-unsaturated/α-hetero) is 1. The van der Waals surface area contributed by atoms with Crippen LogP contribution in [0.15, 0.2) is 53.5 Å². The van der Waals surface area contributed by atoms with E-state index in [1.165, 1.54) is 18.2 Å². The van der Waals surface area contributed by atoms with Crippen molar-refractivity contribution in [2.75, 3.05) is 30.3 Å². The zero-order valence-electron chi connectivity index (χ0n) is 15.9. The minimum Gasteiger partial charge on any atom is -0.494 e. The maximum absolute atomic E-state index is 12.9. The van der Waals surface area contributed by atoms with Gasteiger partial charge in [0, 0.05) is 35.7 Å². The van der Waals surface area contributed by atoms with Gasteiger partial charge in [-0.1, -0.05) is 23.9 Å². The SMILES string of the molecule is Br.CCOc1ccc(N(CC(=O)c2cccc([N+](=O)[O-])c2)C2=NCCCS2)cc1. The number of carbonyl (C=O) groups is 1. The Hall–Kier alpha value is -2.39. The number of aliphatic imine (C=N–C) groups is 1. The Labute approximate surface area is 184 Å². The first-order valence-electron chi connectivity index (χ1n) is 9.04. The van der Waals surface area contributed by atoms with Crippen LogP contribution in [0.2, 0.25) is 0 Å². The number of hydrogen-bond acceptors (Lipinski definition) is 7. The molecule has 1 heterocycles. The Morgan fingerprint density at radius 2 is 2.03 bits per heavy atom. The molecule has 1 aliphatic rings. The van der Waals surface area contributed by atoms with Crippen LogP contribution in [0, 0.1) is 10.1 Å². The molecule has 0 aromatic heterocycles. The van der Waals surface area contributed by atoms with E-state index in [1.54, 1.807) is 17.8 Å². The first kappa shape index (κ1) is 22.9. The number of carbonyl (C=O) groups excluding carboxylic acids is 1. The molecule has 2 aromatic rings. The summed E-state index contributed by atoms with van der Waals surface area (Å²) in [5.74, 6) is 1.50. The molecule has 0 spiro atoms. The quantitative estimate of drug-likeness (QED) is 0.323. The van der Waals surface area contributed by atoms with Crippen LogP contribution in [0.25, 0.3) is 0 Å². The van der Waals surface area contributed by atoms with E-state index in [4.69, 9.17) is 4.74 Å². The Kier molecular flexibility index (Phi) is 8.66. The maximum atomic E-state index is 12.9. The lowest BCUT2D eigenvalue weighted by Gasteiger charge is -2.27. The molecule has 0 saturated carbocycles. The zero-order valence-corrected chi connectivity index (χ0v) is 18.5. The second kappa shape index (κ2) is 11.0. The molecule has 0 saturated heterocycles. The lowest BCUT2D eigenvalue weighted by molar-refractivity contribution is -0.384. The third kappa shape index (κ3) is 6.04. The van der Waals surface area contributed by atoms with Gasteiger partial charge in [0.25, 0.3) is 5.69 Å². The summed E-state index contributed by atoms with van der Waals surface area (Å²) in [6.45, 7) is 3.28. The van der Waals surface area contributed by atoms with E-state index in [9.17, 15) is 14.9 Å². The Morgan fingerprint density at radius 1 is 1.28 bits per heavy atom. The van der Waals surface area contributed by atoms with E-state index in [1.807, 2.05) is 36.1 Å². The number of anilines is 1. The fraction of sp³-hybridized carbons (Fsp3) is 0.300. The highest BCUT2D eigenvalue weighted by Crippen LogP contribution is 2.26. The van der Waals surface area contributed by atoms with Crippen LogP contribution in [0.5, 0.6) is 5.75 Å². The largest absolute Gasteiger partial charge is 0.494 e. The molecule has 3 rings (SSSR count). The molecular weight excluding hydrogens is 458 g/mol. The lowest BCUT2D eigenvalue weighted by atomic mass is 10.1. The summed E-state index contributed by atoms with van der Waals surface area (Å²) in [6, 6.07) is 13.3. The van der Waals surface area contributed by atoms with E-state index < -0.39 is 4.92 Å². The molecule has 0 bridgehead atoms. The zero-order chi connectivity index (χ0) is 19.9. The summed E-state index contributed by atoms with van der Waals surface area (Å²) < 4.78 is 5.49. The van der Waals surface area contributed by atoms with Gasteiger partial charge in [0.1, 0.15) is 5.75 Å². The molecule has 0 radical (unpaired) electrons. The first-order valence-corrected chi connectivity index (χ1v) is 10.0. The van der Waals surface area contributed by atoms with Gasteiger partial charge in [-0.05, 0) is 37.6 Å². The summed E-state index contributed by atoms with van der Waals surface area (Å²) in [6.07, 6.45) is 1.00. The maximum Gasteiger partial charge on any atom is 0.270 e. The van der Waals surface area contributed by atoms with Gasteiger partial charge in [-0.15, -0.1) is 17.0 Å². The van der Waals surface area contributed by atoms with Crippen molar-refractivity contribution in [1.82, 2.24) is 0 Å². The number of ketones is 1. The van der Waals surface area contributed by atoms with Crippen molar-refractivity contribution >= 4 is 51.1 Å². The number of ether oxygens (including phenoxy) is 1. The average Bonchev–Trinajstić information content (AvgIpc) is 2.73. The molecule has 1 aliphatic heterocycles. The van der Waals surface area contributed by atoms with Crippen molar-refractivity contribution in [3.8, 4) is 5.75 Å². The molecule has 154 valence electrons. The molecule has 0 N–H and O–H groups in total. The van der Waals surface area contributed by atoms with Crippen molar-refractivity contribution in [3.05, 3.63) is 64.2 Å². The van der Waals surface area contributed by atoms with Crippen LogP contribution >= 0.6 is 28.7 Å². The van der Waals surface area contributed by atoms with Crippen LogP contribution in [-0.4, -0.2) is 41.3 Å². The fourth-order valence-electron chi connectivity index (χ4n) is 2.80. The average molecular weight is 480 g/mol. The molecule has 0 atom stereocenters. The van der Waals surface area contributed by atoms with Gasteiger partial charge >= 0.3 is 0 Å². The summed E-state index contributed by atoms with van der Waals surface area (Å²) >= 11 is 1.61. The summed E-state index contributed by atoms with van der Waals surface area (Å²) in [4.78, 5) is 29.8. The Bertz CT molecular complexity index is 890. The molecule has 9 heteroatoms. The third-order valence-corrected chi connectivity index (χ3v) is 5.25. The van der Waals surface area contributed by atoms with Crippen LogP contribution < -0.4 is 9.64 Å². The number of halogens is 1. The number of nitrogens with zero attached hydrogens (tertiary/aromatic N) is 3. The van der Waals surface area contributed by atoms with Gasteiger partial charge < -0.3 is 9.64 Å². The van der Waals surface area contributed by atoms with E-state index in [-0.39, 0.29) is 35.0 Å². The number of benzene rings is 2. The molecule has 0 amide bonds. The highest BCUT2D eigenvalue weighted by molar-refractivity contribution is 8.93. The van der Waals surface area contributed by atoms with Gasteiger partial charge in [0.05, 0.1) is 18.1 Å². The second-order valence-corrected chi connectivity index (χ2v) is 7.17. The van der Waals surface area contributed by atoms with Gasteiger partial charge in [0.2, 0.25) is 0 Å². The summed E-state index contributed by atoms with van der Waals surface area (Å²) in [5.41, 5.74) is 1.05. The third-order valence-electron chi connectivity index (χ3n) is 4.15. The Balaban J connectivity index is 0.00000300. The predicted octanol–water partition coefficient (Wildman–Crippen LogP) is 4.75. The monoisotopic (exact) mass is 479 g/mol. The predicted molar refractivity (Wildman–Crippen MR) is 122 cm³/mol. The van der Waals surface area contributed by atoms with Crippen LogP contribution in [-0.2, 0) is 0 Å². The highest BCUT2D eigenvalue weighted by atomic mass is 79.9. The van der Waals surface area contributed by atoms with Gasteiger partial charge in [-0.3, -0.25) is 19.9 Å². The van der Waals surface area contributed by atoms with Crippen LogP contribution in [0.4, 0.5) is 11.4 Å². The summed E-state index contributed by atoms with van der Waals surface area (Å²) in [7, 11) is 0. The molecule has 0 aliphatic carbocycles. The van der Waals surface area contributed by atoms with Crippen LogP contribution in [0.1, 0.15) is 23.7 Å². The molecule has 2 aromatic carbocycles. The molecule has 0 unspecified atom stereocenters. The number of hydrogen-bond donors (Lipinski definition) is 0. The molecular formula is C20H22BrN3O4S. The van der Waals surface area contributed by atoms with Crippen molar-refractivity contribution in [3.63, 3.8) is 0 Å². The van der Waals surface area contributed by atoms with E-state index >= 15 is 0 Å². The summed E-state index contributed by atoms with van der Waals surface area (Å²) in [5, 5.41) is 11.8. The molecule has 29 heavy (non-hydrogen) atoms. The minimum atomic E-state index is -0.498. The van der Waals surface area contributed by atoms with Gasteiger partial charge in [-0.25, -0.2) is 0 Å². The number of nitro benzene ring substituents is 1. The first-order chi connectivity index (χ1) is 13.6. The molecule has 7 nitrogen and oxygen atoms in total. The van der Waals surface area contributed by atoms with E-state index in [0.717, 1.165) is 35.3 Å².